The number of allylic oxidation sites excluding steroid dienone is 7. The lowest BCUT2D eigenvalue weighted by Gasteiger charge is -1.85. The van der Waals surface area contributed by atoms with Gasteiger partial charge in [-0.25, -0.2) is 0 Å². The monoisotopic (exact) mass is 132 g/mol. The van der Waals surface area contributed by atoms with E-state index in [1.54, 1.807) is 0 Å². The van der Waals surface area contributed by atoms with Crippen LogP contribution in [0, 0.1) is 0 Å². The zero-order chi connectivity index (χ0) is 7.23. The first kappa shape index (κ1) is 7.07. The van der Waals surface area contributed by atoms with Crippen LogP contribution in [-0.4, -0.2) is 0 Å². The van der Waals surface area contributed by atoms with E-state index in [0.717, 1.165) is 18.4 Å². The normalized spacial score (nSPS) is 24.6. The van der Waals surface area contributed by atoms with Crippen molar-refractivity contribution in [3.8, 4) is 0 Å². The fourth-order valence-electron chi connectivity index (χ4n) is 0.837. The second-order valence-corrected chi connectivity index (χ2v) is 2.34. The smallest absolute Gasteiger partial charge is 0.0313 e. The van der Waals surface area contributed by atoms with Gasteiger partial charge in [0, 0.05) is 0 Å². The zero-order valence-corrected chi connectivity index (χ0v) is 6.09. The van der Waals surface area contributed by atoms with Crippen molar-refractivity contribution in [3.63, 3.8) is 0 Å². The molecule has 0 spiro atoms. The van der Waals surface area contributed by atoms with E-state index in [0.29, 0.717) is 0 Å². The lowest BCUT2D eigenvalue weighted by Crippen LogP contribution is -1.64. The Morgan fingerprint density at radius 1 is 1.00 bits per heavy atom. The number of rotatable bonds is 0. The summed E-state index contributed by atoms with van der Waals surface area (Å²) in [5.74, 6) is 0. The van der Waals surface area contributed by atoms with Gasteiger partial charge in [-0.05, 0) is 18.4 Å². The summed E-state index contributed by atoms with van der Waals surface area (Å²) in [5, 5.41) is 0. The minimum atomic E-state index is 1.08. The Labute approximate surface area is 62.3 Å². The van der Waals surface area contributed by atoms with E-state index in [4.69, 9.17) is 0 Å². The van der Waals surface area contributed by atoms with Crippen molar-refractivity contribution >= 4 is 0 Å². The average Bonchev–Trinajstić information content (AvgIpc) is 2.02. The maximum atomic E-state index is 3.85. The molecular weight excluding hydrogens is 120 g/mol. The van der Waals surface area contributed by atoms with Crippen molar-refractivity contribution in [1.82, 2.24) is 0 Å². The largest absolute Gasteiger partial charge is 0.0918 e. The molecule has 0 amide bonds. The summed E-state index contributed by atoms with van der Waals surface area (Å²) < 4.78 is 0. The van der Waals surface area contributed by atoms with Crippen LogP contribution in [0.5, 0.6) is 0 Å². The highest BCUT2D eigenvalue weighted by Gasteiger charge is 1.81. The molecule has 1 rings (SSSR count). The van der Waals surface area contributed by atoms with Crippen LogP contribution < -0.4 is 0 Å². The first-order chi connectivity index (χ1) is 4.89. The summed E-state index contributed by atoms with van der Waals surface area (Å²) in [6.07, 6.45) is 14.7. The predicted octanol–water partition coefficient (Wildman–Crippen LogP) is 3.01. The van der Waals surface area contributed by atoms with Crippen molar-refractivity contribution in [1.29, 1.82) is 0 Å². The third kappa shape index (κ3) is 2.49. The first-order valence-corrected chi connectivity index (χ1v) is 3.58. The molecule has 10 heavy (non-hydrogen) atoms. The van der Waals surface area contributed by atoms with Crippen LogP contribution >= 0.6 is 0 Å². The van der Waals surface area contributed by atoms with Gasteiger partial charge in [-0.2, -0.15) is 0 Å². The topological polar surface area (TPSA) is 0 Å². The van der Waals surface area contributed by atoms with E-state index < -0.39 is 0 Å². The molecule has 0 saturated carbocycles. The molecule has 0 bridgehead atoms. The Morgan fingerprint density at radius 2 is 1.80 bits per heavy atom. The zero-order valence-electron chi connectivity index (χ0n) is 6.09. The molecule has 0 fully saturated rings. The van der Waals surface area contributed by atoms with Crippen LogP contribution in [0.1, 0.15) is 12.8 Å². The Bertz CT molecular complexity index is 192. The van der Waals surface area contributed by atoms with Gasteiger partial charge in [0.25, 0.3) is 0 Å². The molecule has 0 heterocycles. The van der Waals surface area contributed by atoms with E-state index in [9.17, 15) is 0 Å². The molecule has 1 aliphatic carbocycles. The highest BCUT2D eigenvalue weighted by atomic mass is 13.9. The minimum absolute atomic E-state index is 1.08. The van der Waals surface area contributed by atoms with Gasteiger partial charge in [-0.15, -0.1) is 0 Å². The maximum absolute atomic E-state index is 3.85. The Hall–Kier alpha value is -1.04. The molecular formula is C10H12. The predicted molar refractivity (Wildman–Crippen MR) is 45.8 cm³/mol. The fourth-order valence-corrected chi connectivity index (χ4v) is 0.837. The Balaban J connectivity index is 2.64. The summed E-state index contributed by atoms with van der Waals surface area (Å²) in [5.41, 5.74) is 1.08. The average molecular weight is 132 g/mol. The van der Waals surface area contributed by atoms with Crippen LogP contribution in [0.3, 0.4) is 0 Å². The van der Waals surface area contributed by atoms with Gasteiger partial charge in [0.15, 0.2) is 0 Å². The van der Waals surface area contributed by atoms with Gasteiger partial charge in [-0.1, -0.05) is 43.0 Å². The van der Waals surface area contributed by atoms with Crippen LogP contribution in [0.2, 0.25) is 0 Å². The third-order valence-electron chi connectivity index (χ3n) is 1.39. The van der Waals surface area contributed by atoms with Crippen molar-refractivity contribution < 1.29 is 0 Å². The second-order valence-electron chi connectivity index (χ2n) is 2.34. The first-order valence-electron chi connectivity index (χ1n) is 3.58. The Morgan fingerprint density at radius 3 is 2.70 bits per heavy atom. The standard InChI is InChI=1S/C10H12/c1-10-8-6-4-2-3-5-7-9-10/h2,4,6-9H,1,3,5H2/b4-2-,8-6-,9-7?. The van der Waals surface area contributed by atoms with Crippen molar-refractivity contribution in [2.45, 2.75) is 12.8 Å². The molecule has 0 radical (unpaired) electrons. The van der Waals surface area contributed by atoms with E-state index in [2.05, 4.69) is 30.9 Å². The molecule has 0 heteroatoms. The molecule has 0 N–H and O–H groups in total. The van der Waals surface area contributed by atoms with Gasteiger partial charge in [0.2, 0.25) is 0 Å². The van der Waals surface area contributed by atoms with Crippen LogP contribution in [-0.2, 0) is 0 Å². The Kier molecular flexibility index (Phi) is 2.75. The van der Waals surface area contributed by atoms with E-state index >= 15 is 0 Å². The van der Waals surface area contributed by atoms with E-state index in [-0.39, 0.29) is 0 Å². The summed E-state index contributed by atoms with van der Waals surface area (Å²) >= 11 is 0. The molecule has 1 aliphatic rings. The lowest BCUT2D eigenvalue weighted by molar-refractivity contribution is 1.05. The lowest BCUT2D eigenvalue weighted by atomic mass is 10.2. The van der Waals surface area contributed by atoms with E-state index in [1.165, 1.54) is 0 Å². The summed E-state index contributed by atoms with van der Waals surface area (Å²) in [6, 6.07) is 0. The van der Waals surface area contributed by atoms with Gasteiger partial charge >= 0.3 is 0 Å². The molecule has 0 saturated heterocycles. The highest BCUT2D eigenvalue weighted by Crippen LogP contribution is 2.02. The summed E-state index contributed by atoms with van der Waals surface area (Å²) in [7, 11) is 0. The quantitative estimate of drug-likeness (QED) is 0.475. The van der Waals surface area contributed by atoms with Gasteiger partial charge in [-0.3, -0.25) is 0 Å². The SMILES string of the molecule is C=C1C=CCC/C=C\C=C/1. The van der Waals surface area contributed by atoms with Gasteiger partial charge < -0.3 is 0 Å². The molecule has 0 aromatic rings. The van der Waals surface area contributed by atoms with Crippen molar-refractivity contribution in [2.24, 2.45) is 0 Å². The summed E-state index contributed by atoms with van der Waals surface area (Å²) in [4.78, 5) is 0. The molecule has 0 atom stereocenters. The van der Waals surface area contributed by atoms with Crippen molar-refractivity contribution in [3.05, 3.63) is 48.6 Å². The highest BCUT2D eigenvalue weighted by molar-refractivity contribution is 5.30. The van der Waals surface area contributed by atoms with Gasteiger partial charge in [0.1, 0.15) is 0 Å². The molecule has 0 aromatic carbocycles. The minimum Gasteiger partial charge on any atom is -0.0918 e. The van der Waals surface area contributed by atoms with Crippen LogP contribution in [0.15, 0.2) is 48.6 Å². The molecule has 0 aromatic heterocycles. The van der Waals surface area contributed by atoms with Crippen LogP contribution in [0.25, 0.3) is 0 Å². The molecule has 0 aliphatic heterocycles. The molecule has 52 valence electrons. The number of hydrogen-bond acceptors (Lipinski definition) is 0. The molecule has 0 unspecified atom stereocenters. The number of hydrogen-bond donors (Lipinski definition) is 0. The van der Waals surface area contributed by atoms with Crippen LogP contribution in [0.4, 0.5) is 0 Å². The second kappa shape index (κ2) is 3.89. The molecule has 0 nitrogen and oxygen atoms in total. The maximum Gasteiger partial charge on any atom is -0.0313 e. The van der Waals surface area contributed by atoms with Gasteiger partial charge in [0.05, 0.1) is 0 Å². The fraction of sp³-hybridized carbons (Fsp3) is 0.200. The van der Waals surface area contributed by atoms with Crippen molar-refractivity contribution in [2.75, 3.05) is 0 Å². The van der Waals surface area contributed by atoms with E-state index in [1.807, 2.05) is 12.2 Å². The third-order valence-corrected chi connectivity index (χ3v) is 1.39. The summed E-state index contributed by atoms with van der Waals surface area (Å²) in [6.45, 7) is 3.85.